The summed E-state index contributed by atoms with van der Waals surface area (Å²) >= 11 is 1.43. The highest BCUT2D eigenvalue weighted by Gasteiger charge is 2.23. The Hall–Kier alpha value is -2.75. The number of halogens is 1. The van der Waals surface area contributed by atoms with Gasteiger partial charge in [0, 0.05) is 32.6 Å². The molecule has 1 atom stereocenters. The first kappa shape index (κ1) is 20.5. The Bertz CT molecular complexity index is 1000. The Labute approximate surface area is 177 Å². The molecule has 9 heteroatoms. The number of thiazole rings is 1. The molecule has 0 spiro atoms. The fraction of sp³-hybridized carbons (Fsp3) is 0.333. The summed E-state index contributed by atoms with van der Waals surface area (Å²) in [5.74, 6) is -0.370. The van der Waals surface area contributed by atoms with Gasteiger partial charge in [0.05, 0.1) is 28.6 Å². The highest BCUT2D eigenvalue weighted by molar-refractivity contribution is 7.22. The van der Waals surface area contributed by atoms with Crippen LogP contribution in [0, 0.1) is 5.82 Å². The van der Waals surface area contributed by atoms with Gasteiger partial charge in [0.1, 0.15) is 5.82 Å². The minimum atomic E-state index is -0.896. The number of urea groups is 1. The summed E-state index contributed by atoms with van der Waals surface area (Å²) in [7, 11) is 0. The van der Waals surface area contributed by atoms with Crippen LogP contribution < -0.4 is 10.2 Å². The molecule has 1 saturated heterocycles. The van der Waals surface area contributed by atoms with Gasteiger partial charge in [0.25, 0.3) is 0 Å². The van der Waals surface area contributed by atoms with Crippen molar-refractivity contribution in [2.45, 2.75) is 12.5 Å². The Balaban J connectivity index is 1.34. The third kappa shape index (κ3) is 4.53. The molecular weight excluding hydrogens is 407 g/mol. The minimum Gasteiger partial charge on any atom is -0.394 e. The molecule has 30 heavy (non-hydrogen) atoms. The maximum absolute atomic E-state index is 14.5. The molecule has 0 aliphatic carbocycles. The van der Waals surface area contributed by atoms with Gasteiger partial charge in [-0.2, -0.15) is 0 Å². The van der Waals surface area contributed by atoms with Crippen LogP contribution in [-0.2, 0) is 6.42 Å². The quantitative estimate of drug-likeness (QED) is 0.579. The SMILES string of the molecule is O=C(Nc1nc2ccccc2s1)N1CCN(c2ccc(C[C@@H](O)CO)cc2F)CC1. The summed E-state index contributed by atoms with van der Waals surface area (Å²) < 4.78 is 15.6. The molecule has 7 nitrogen and oxygen atoms in total. The number of rotatable bonds is 5. The second-order valence-electron chi connectivity index (χ2n) is 7.22. The van der Waals surface area contributed by atoms with E-state index in [-0.39, 0.29) is 24.9 Å². The molecule has 0 radical (unpaired) electrons. The van der Waals surface area contributed by atoms with Crippen molar-refractivity contribution in [2.75, 3.05) is 43.0 Å². The number of carbonyl (C=O) groups is 1. The van der Waals surface area contributed by atoms with Crippen molar-refractivity contribution in [3.05, 3.63) is 53.8 Å². The molecule has 3 aromatic rings. The van der Waals surface area contributed by atoms with Crippen LogP contribution in [0.1, 0.15) is 5.56 Å². The number of aliphatic hydroxyl groups excluding tert-OH is 2. The Morgan fingerprint density at radius 2 is 1.97 bits per heavy atom. The van der Waals surface area contributed by atoms with Crippen molar-refractivity contribution in [1.82, 2.24) is 9.88 Å². The van der Waals surface area contributed by atoms with E-state index in [1.165, 1.54) is 17.4 Å². The number of amides is 2. The van der Waals surface area contributed by atoms with Gasteiger partial charge in [-0.3, -0.25) is 5.32 Å². The third-order valence-corrected chi connectivity index (χ3v) is 6.06. The molecule has 1 aliphatic rings. The second-order valence-corrected chi connectivity index (χ2v) is 8.25. The molecule has 1 aromatic heterocycles. The van der Waals surface area contributed by atoms with Gasteiger partial charge < -0.3 is 20.0 Å². The lowest BCUT2D eigenvalue weighted by Gasteiger charge is -2.36. The number of aliphatic hydroxyl groups is 2. The molecule has 0 unspecified atom stereocenters. The first-order valence-electron chi connectivity index (χ1n) is 9.77. The van der Waals surface area contributed by atoms with Crippen LogP contribution in [0.5, 0.6) is 0 Å². The molecule has 1 aliphatic heterocycles. The summed E-state index contributed by atoms with van der Waals surface area (Å²) in [6.45, 7) is 1.62. The van der Waals surface area contributed by atoms with Crippen LogP contribution in [0.3, 0.4) is 0 Å². The average Bonchev–Trinajstić information content (AvgIpc) is 3.16. The van der Waals surface area contributed by atoms with Crippen molar-refractivity contribution < 1.29 is 19.4 Å². The summed E-state index contributed by atoms with van der Waals surface area (Å²) in [6, 6.07) is 12.3. The van der Waals surface area contributed by atoms with E-state index >= 15 is 0 Å². The van der Waals surface area contributed by atoms with Crippen molar-refractivity contribution in [2.24, 2.45) is 0 Å². The first-order chi connectivity index (χ1) is 14.5. The fourth-order valence-corrected chi connectivity index (χ4v) is 4.37. The summed E-state index contributed by atoms with van der Waals surface area (Å²) in [5, 5.41) is 21.9. The molecule has 0 bridgehead atoms. The van der Waals surface area contributed by atoms with Gasteiger partial charge in [-0.1, -0.05) is 29.5 Å². The normalized spacial score (nSPS) is 15.4. The van der Waals surface area contributed by atoms with Crippen molar-refractivity contribution in [1.29, 1.82) is 0 Å². The van der Waals surface area contributed by atoms with Gasteiger partial charge in [-0.15, -0.1) is 0 Å². The smallest absolute Gasteiger partial charge is 0.323 e. The fourth-order valence-electron chi connectivity index (χ4n) is 3.52. The number of aromatic nitrogens is 1. The predicted molar refractivity (Wildman–Crippen MR) is 116 cm³/mol. The van der Waals surface area contributed by atoms with Crippen molar-refractivity contribution in [3.8, 4) is 0 Å². The zero-order chi connectivity index (χ0) is 21.1. The average molecular weight is 431 g/mol. The zero-order valence-electron chi connectivity index (χ0n) is 16.3. The predicted octanol–water partition coefficient (Wildman–Crippen LogP) is 2.69. The maximum atomic E-state index is 14.5. The summed E-state index contributed by atoms with van der Waals surface area (Å²) in [6.07, 6.45) is -0.694. The molecule has 4 rings (SSSR count). The lowest BCUT2D eigenvalue weighted by Crippen LogP contribution is -2.50. The zero-order valence-corrected chi connectivity index (χ0v) is 17.1. The standard InChI is InChI=1S/C21H23FN4O3S/c22-16-12-14(11-15(28)13-27)5-6-18(16)25-7-9-26(10-8-25)21(29)24-20-23-17-3-1-2-4-19(17)30-20/h1-6,12,15,27-28H,7-11,13H2,(H,23,24,29)/t15-/m1/s1. The summed E-state index contributed by atoms with van der Waals surface area (Å²) in [5.41, 5.74) is 1.96. The highest BCUT2D eigenvalue weighted by atomic mass is 32.1. The molecule has 2 amide bonds. The minimum absolute atomic E-state index is 0.202. The van der Waals surface area contributed by atoms with Gasteiger partial charge in [-0.05, 0) is 29.8 Å². The van der Waals surface area contributed by atoms with Crippen LogP contribution in [0.2, 0.25) is 0 Å². The third-order valence-electron chi connectivity index (χ3n) is 5.11. The number of carbonyl (C=O) groups excluding carboxylic acids is 1. The van der Waals surface area contributed by atoms with E-state index in [4.69, 9.17) is 5.11 Å². The molecule has 1 fully saturated rings. The lowest BCUT2D eigenvalue weighted by molar-refractivity contribution is 0.0954. The van der Waals surface area contributed by atoms with Gasteiger partial charge in [0.15, 0.2) is 5.13 Å². The highest BCUT2D eigenvalue weighted by Crippen LogP contribution is 2.26. The lowest BCUT2D eigenvalue weighted by atomic mass is 10.1. The van der Waals surface area contributed by atoms with Gasteiger partial charge >= 0.3 is 6.03 Å². The number of nitrogens with zero attached hydrogens (tertiary/aromatic N) is 3. The maximum Gasteiger partial charge on any atom is 0.323 e. The van der Waals surface area contributed by atoms with Crippen LogP contribution in [-0.4, -0.2) is 65.0 Å². The molecule has 2 heterocycles. The number of anilines is 2. The number of hydrogen-bond acceptors (Lipinski definition) is 6. The van der Waals surface area contributed by atoms with E-state index < -0.39 is 6.10 Å². The number of piperazine rings is 1. The monoisotopic (exact) mass is 430 g/mol. The van der Waals surface area contributed by atoms with E-state index in [1.807, 2.05) is 29.2 Å². The van der Waals surface area contributed by atoms with E-state index in [9.17, 15) is 14.3 Å². The second kappa shape index (κ2) is 8.95. The van der Waals surface area contributed by atoms with Gasteiger partial charge in [-0.25, -0.2) is 14.2 Å². The van der Waals surface area contributed by atoms with Crippen molar-refractivity contribution in [3.63, 3.8) is 0 Å². The molecule has 158 valence electrons. The Kier molecular flexibility index (Phi) is 6.12. The Morgan fingerprint density at radius 1 is 1.20 bits per heavy atom. The number of fused-ring (bicyclic) bond motifs is 1. The largest absolute Gasteiger partial charge is 0.394 e. The molecule has 3 N–H and O–H groups in total. The van der Waals surface area contributed by atoms with E-state index in [1.54, 1.807) is 17.0 Å². The molecular formula is C21H23FN4O3S. The summed E-state index contributed by atoms with van der Waals surface area (Å²) in [4.78, 5) is 20.6. The van der Waals surface area contributed by atoms with Crippen LogP contribution >= 0.6 is 11.3 Å². The number of para-hydroxylation sites is 1. The molecule has 0 saturated carbocycles. The van der Waals surface area contributed by atoms with Crippen molar-refractivity contribution >= 4 is 38.4 Å². The van der Waals surface area contributed by atoms with Gasteiger partial charge in [0.2, 0.25) is 0 Å². The number of nitrogens with one attached hydrogen (secondary N) is 1. The van der Waals surface area contributed by atoms with Crippen LogP contribution in [0.15, 0.2) is 42.5 Å². The van der Waals surface area contributed by atoms with E-state index in [0.717, 1.165) is 10.2 Å². The van der Waals surface area contributed by atoms with E-state index in [0.29, 0.717) is 42.6 Å². The Morgan fingerprint density at radius 3 is 2.67 bits per heavy atom. The van der Waals surface area contributed by atoms with E-state index in [2.05, 4.69) is 10.3 Å². The number of benzene rings is 2. The number of hydrogen-bond donors (Lipinski definition) is 3. The van der Waals surface area contributed by atoms with Crippen LogP contribution in [0.25, 0.3) is 10.2 Å². The topological polar surface area (TPSA) is 88.9 Å². The first-order valence-corrected chi connectivity index (χ1v) is 10.6. The van der Waals surface area contributed by atoms with Crippen LogP contribution in [0.4, 0.5) is 20.0 Å². The molecule has 2 aromatic carbocycles.